The molecule has 3 N–H and O–H groups in total. The van der Waals surface area contributed by atoms with E-state index in [0.29, 0.717) is 11.6 Å². The van der Waals surface area contributed by atoms with E-state index < -0.39 is 16.5 Å². The van der Waals surface area contributed by atoms with Crippen LogP contribution in [0, 0.1) is 10.1 Å². The van der Waals surface area contributed by atoms with Crippen LogP contribution < -0.4 is 20.9 Å². The average molecular weight is 401 g/mol. The van der Waals surface area contributed by atoms with Gasteiger partial charge in [0.2, 0.25) is 11.6 Å². The number of nitrogens with zero attached hydrogens (tertiary/aromatic N) is 3. The molecule has 10 nitrogen and oxygen atoms in total. The van der Waals surface area contributed by atoms with Gasteiger partial charge in [-0.2, -0.15) is 0 Å². The van der Waals surface area contributed by atoms with Gasteiger partial charge in [0, 0.05) is 11.6 Å². The van der Waals surface area contributed by atoms with Crippen molar-refractivity contribution in [2.24, 2.45) is 0 Å². The van der Waals surface area contributed by atoms with E-state index >= 15 is 0 Å². The number of benzene rings is 1. The first-order valence-corrected chi connectivity index (χ1v) is 8.04. The van der Waals surface area contributed by atoms with Crippen LogP contribution in [0.5, 0.6) is 5.75 Å². The minimum Gasteiger partial charge on any atom is -0.482 e. The van der Waals surface area contributed by atoms with Gasteiger partial charge in [0.05, 0.1) is 9.95 Å². The van der Waals surface area contributed by atoms with Crippen molar-refractivity contribution in [2.45, 2.75) is 6.92 Å². The molecule has 0 aliphatic carbocycles. The predicted octanol–water partition coefficient (Wildman–Crippen LogP) is 2.65. The summed E-state index contributed by atoms with van der Waals surface area (Å²) >= 11 is 11.7. The average Bonchev–Trinajstić information content (AvgIpc) is 2.59. The fraction of sp³-hybridized carbons (Fsp3) is 0.214. The number of anilines is 2. The summed E-state index contributed by atoms with van der Waals surface area (Å²) in [7, 11) is 0. The molecule has 0 saturated heterocycles. The lowest BCUT2D eigenvalue weighted by Crippen LogP contribution is -2.34. The third kappa shape index (κ3) is 5.07. The molecule has 2 rings (SSSR count). The highest BCUT2D eigenvalue weighted by molar-refractivity contribution is 6.35. The predicted molar refractivity (Wildman–Crippen MR) is 96.6 cm³/mol. The highest BCUT2D eigenvalue weighted by atomic mass is 35.5. The molecule has 0 aliphatic rings. The van der Waals surface area contributed by atoms with Crippen LogP contribution in [0.2, 0.25) is 10.0 Å². The number of rotatable bonds is 8. The number of aromatic nitrogens is 2. The minimum absolute atomic E-state index is 0.0356. The Bertz CT molecular complexity index is 820. The number of nitrogens with one attached hydrogen (secondary N) is 3. The van der Waals surface area contributed by atoms with E-state index in [1.807, 2.05) is 0 Å². The van der Waals surface area contributed by atoms with Gasteiger partial charge in [-0.15, -0.1) is 0 Å². The van der Waals surface area contributed by atoms with Gasteiger partial charge in [-0.05, 0) is 25.1 Å². The summed E-state index contributed by atoms with van der Waals surface area (Å²) in [4.78, 5) is 30.0. The zero-order valence-corrected chi connectivity index (χ0v) is 15.0. The first kappa shape index (κ1) is 19.5. The molecule has 1 aromatic carbocycles. The smallest absolute Gasteiger partial charge is 0.354 e. The maximum Gasteiger partial charge on any atom is 0.354 e. The molecule has 1 aromatic heterocycles. The Labute approximate surface area is 158 Å². The van der Waals surface area contributed by atoms with Crippen LogP contribution >= 0.6 is 23.2 Å². The standard InChI is InChI=1S/C14H14Cl2N6O4/c1-2-17-13-12(22(24)25)14(19-7-18-13)21-20-11(23)6-26-10-4-3-8(15)5-9(10)16/h3-5,7H,2,6H2,1H3,(H,20,23)(H2,17,18,19,21). The van der Waals surface area contributed by atoms with Crippen LogP contribution in [0.1, 0.15) is 6.92 Å². The van der Waals surface area contributed by atoms with E-state index in [-0.39, 0.29) is 29.0 Å². The second-order valence-corrected chi connectivity index (χ2v) is 5.59. The molecule has 12 heteroatoms. The number of hydrazine groups is 1. The molecule has 0 fully saturated rings. The van der Waals surface area contributed by atoms with Crippen molar-refractivity contribution in [3.05, 3.63) is 44.7 Å². The number of carbonyl (C=O) groups excluding carboxylic acids is 1. The number of nitro groups is 1. The molecule has 0 spiro atoms. The van der Waals surface area contributed by atoms with Crippen LogP contribution in [0.4, 0.5) is 17.3 Å². The molecule has 0 saturated carbocycles. The molecule has 2 aromatic rings. The Hall–Kier alpha value is -2.85. The largest absolute Gasteiger partial charge is 0.482 e. The minimum atomic E-state index is -0.656. The quantitative estimate of drug-likeness (QED) is 0.455. The number of amides is 1. The topological polar surface area (TPSA) is 131 Å². The van der Waals surface area contributed by atoms with Gasteiger partial charge in [0.15, 0.2) is 6.61 Å². The van der Waals surface area contributed by atoms with Gasteiger partial charge in [-0.3, -0.25) is 25.8 Å². The Kier molecular flexibility index (Phi) is 6.75. The lowest BCUT2D eigenvalue weighted by atomic mass is 10.3. The van der Waals surface area contributed by atoms with Crippen molar-refractivity contribution in [1.29, 1.82) is 0 Å². The highest BCUT2D eigenvalue weighted by Gasteiger charge is 2.23. The van der Waals surface area contributed by atoms with Crippen molar-refractivity contribution in [3.8, 4) is 5.75 Å². The number of hydrogen-bond donors (Lipinski definition) is 3. The summed E-state index contributed by atoms with van der Waals surface area (Å²) in [5, 5.41) is 14.6. The van der Waals surface area contributed by atoms with E-state index in [2.05, 4.69) is 26.1 Å². The maximum atomic E-state index is 11.9. The maximum absolute atomic E-state index is 11.9. The van der Waals surface area contributed by atoms with E-state index in [4.69, 9.17) is 27.9 Å². The van der Waals surface area contributed by atoms with Crippen LogP contribution in [0.15, 0.2) is 24.5 Å². The zero-order chi connectivity index (χ0) is 19.1. The van der Waals surface area contributed by atoms with E-state index in [1.165, 1.54) is 12.1 Å². The van der Waals surface area contributed by atoms with Gasteiger partial charge in [0.1, 0.15) is 12.1 Å². The van der Waals surface area contributed by atoms with Gasteiger partial charge in [0.25, 0.3) is 5.91 Å². The van der Waals surface area contributed by atoms with E-state index in [9.17, 15) is 14.9 Å². The van der Waals surface area contributed by atoms with Gasteiger partial charge in [-0.25, -0.2) is 9.97 Å². The van der Waals surface area contributed by atoms with Crippen LogP contribution in [-0.2, 0) is 4.79 Å². The molecule has 0 aliphatic heterocycles. The molecule has 0 radical (unpaired) electrons. The third-order valence-electron chi connectivity index (χ3n) is 2.92. The Morgan fingerprint density at radius 3 is 2.69 bits per heavy atom. The molecule has 138 valence electrons. The summed E-state index contributed by atoms with van der Waals surface area (Å²) in [6, 6.07) is 4.55. The molecular formula is C14H14Cl2N6O4. The van der Waals surface area contributed by atoms with E-state index in [1.54, 1.807) is 13.0 Å². The van der Waals surface area contributed by atoms with Crippen molar-refractivity contribution >= 4 is 46.4 Å². The van der Waals surface area contributed by atoms with Crippen molar-refractivity contribution < 1.29 is 14.5 Å². The normalized spacial score (nSPS) is 10.1. The first-order chi connectivity index (χ1) is 12.4. The second kappa shape index (κ2) is 9.02. The first-order valence-electron chi connectivity index (χ1n) is 7.28. The summed E-state index contributed by atoms with van der Waals surface area (Å²) in [5.74, 6) is -0.463. The fourth-order valence-electron chi connectivity index (χ4n) is 1.84. The Morgan fingerprint density at radius 1 is 1.31 bits per heavy atom. The second-order valence-electron chi connectivity index (χ2n) is 4.74. The molecule has 0 unspecified atom stereocenters. The monoisotopic (exact) mass is 400 g/mol. The summed E-state index contributed by atoms with van der Waals surface area (Å²) in [6.07, 6.45) is 1.13. The number of hydrogen-bond acceptors (Lipinski definition) is 8. The Balaban J connectivity index is 1.98. The van der Waals surface area contributed by atoms with Crippen molar-refractivity contribution in [1.82, 2.24) is 15.4 Å². The van der Waals surface area contributed by atoms with Crippen LogP contribution in [-0.4, -0.2) is 34.0 Å². The lowest BCUT2D eigenvalue weighted by Gasteiger charge is -2.11. The van der Waals surface area contributed by atoms with Crippen LogP contribution in [0.3, 0.4) is 0 Å². The summed E-state index contributed by atoms with van der Waals surface area (Å²) < 4.78 is 5.26. The SMILES string of the molecule is CCNc1ncnc(NNC(=O)COc2ccc(Cl)cc2Cl)c1[N+](=O)[O-]. The highest BCUT2D eigenvalue weighted by Crippen LogP contribution is 2.28. The molecule has 0 atom stereocenters. The number of carbonyl (C=O) groups is 1. The van der Waals surface area contributed by atoms with Gasteiger partial charge in [-0.1, -0.05) is 23.2 Å². The zero-order valence-electron chi connectivity index (χ0n) is 13.5. The Morgan fingerprint density at radius 2 is 2.04 bits per heavy atom. The molecule has 26 heavy (non-hydrogen) atoms. The van der Waals surface area contributed by atoms with E-state index in [0.717, 1.165) is 6.33 Å². The van der Waals surface area contributed by atoms with Crippen molar-refractivity contribution in [2.75, 3.05) is 23.9 Å². The van der Waals surface area contributed by atoms with Crippen molar-refractivity contribution in [3.63, 3.8) is 0 Å². The third-order valence-corrected chi connectivity index (χ3v) is 3.45. The van der Waals surface area contributed by atoms with Gasteiger partial charge >= 0.3 is 5.69 Å². The number of ether oxygens (including phenoxy) is 1. The fourth-order valence-corrected chi connectivity index (χ4v) is 2.30. The molecule has 1 amide bonds. The molecular weight excluding hydrogens is 387 g/mol. The molecule has 0 bridgehead atoms. The lowest BCUT2D eigenvalue weighted by molar-refractivity contribution is -0.383. The summed E-state index contributed by atoms with van der Waals surface area (Å²) in [6.45, 7) is 1.81. The summed E-state index contributed by atoms with van der Waals surface area (Å²) in [5.41, 5.74) is 4.25. The van der Waals surface area contributed by atoms with Crippen LogP contribution in [0.25, 0.3) is 0 Å². The number of halogens is 2. The molecule has 1 heterocycles. The van der Waals surface area contributed by atoms with Gasteiger partial charge < -0.3 is 10.1 Å².